The molecule has 0 spiro atoms. The van der Waals surface area contributed by atoms with Crippen LogP contribution >= 0.6 is 0 Å². The largest absolute Gasteiger partial charge is 0.480 e. The van der Waals surface area contributed by atoms with Gasteiger partial charge in [0.1, 0.15) is 6.54 Å². The summed E-state index contributed by atoms with van der Waals surface area (Å²) in [5.41, 5.74) is -0.325. The first-order valence-electron chi connectivity index (χ1n) is 6.10. The van der Waals surface area contributed by atoms with E-state index in [1.807, 2.05) is 0 Å². The quantitative estimate of drug-likeness (QED) is 0.874. The van der Waals surface area contributed by atoms with Crippen LogP contribution in [0, 0.1) is 11.6 Å². The van der Waals surface area contributed by atoms with E-state index in [0.717, 1.165) is 11.0 Å². The highest BCUT2D eigenvalue weighted by atomic mass is 19.2. The number of carbonyl (C=O) groups excluding carboxylic acids is 1. The average Bonchev–Trinajstić information content (AvgIpc) is 2.40. The minimum atomic E-state index is -1.18. The third-order valence-electron chi connectivity index (χ3n) is 2.88. The summed E-state index contributed by atoms with van der Waals surface area (Å²) in [4.78, 5) is 23.8. The topological polar surface area (TPSA) is 69.6 Å². The van der Waals surface area contributed by atoms with Crippen LogP contribution in [0.25, 0.3) is 0 Å². The fourth-order valence-corrected chi connectivity index (χ4v) is 1.58. The molecular weight excluding hydrogens is 270 g/mol. The molecule has 0 fully saturated rings. The summed E-state index contributed by atoms with van der Waals surface area (Å²) in [6.07, 6.45) is 0.534. The Kier molecular flexibility index (Phi) is 5.42. The number of urea groups is 1. The Labute approximate surface area is 115 Å². The SMILES string of the molecule is CCC(C)N(CC(=O)O)C(=O)Nc1cccc(F)c1F. The van der Waals surface area contributed by atoms with Gasteiger partial charge in [0.25, 0.3) is 0 Å². The van der Waals surface area contributed by atoms with Crippen molar-refractivity contribution >= 4 is 17.7 Å². The molecule has 0 aliphatic carbocycles. The molecule has 0 bridgehead atoms. The zero-order valence-corrected chi connectivity index (χ0v) is 11.2. The van der Waals surface area contributed by atoms with Gasteiger partial charge in [-0.3, -0.25) is 4.79 Å². The van der Waals surface area contributed by atoms with Gasteiger partial charge >= 0.3 is 12.0 Å². The maximum Gasteiger partial charge on any atom is 0.323 e. The summed E-state index contributed by atoms with van der Waals surface area (Å²) in [6, 6.07) is 2.24. The molecule has 1 atom stereocenters. The van der Waals surface area contributed by atoms with Gasteiger partial charge in [-0.1, -0.05) is 13.0 Å². The summed E-state index contributed by atoms with van der Waals surface area (Å²) in [5.74, 6) is -3.45. The van der Waals surface area contributed by atoms with Crippen molar-refractivity contribution in [1.29, 1.82) is 0 Å². The summed E-state index contributed by atoms with van der Waals surface area (Å²) >= 11 is 0. The van der Waals surface area contributed by atoms with Crippen LogP contribution in [0.2, 0.25) is 0 Å². The smallest absolute Gasteiger partial charge is 0.323 e. The van der Waals surface area contributed by atoms with Crippen molar-refractivity contribution < 1.29 is 23.5 Å². The predicted octanol–water partition coefficient (Wildman–Crippen LogP) is 2.68. The summed E-state index contributed by atoms with van der Waals surface area (Å²) < 4.78 is 26.5. The van der Waals surface area contributed by atoms with Gasteiger partial charge in [0.05, 0.1) is 5.69 Å². The second-order valence-electron chi connectivity index (χ2n) is 4.31. The molecular formula is C13H16F2N2O3. The van der Waals surface area contributed by atoms with E-state index in [9.17, 15) is 18.4 Å². The number of hydrogen-bond donors (Lipinski definition) is 2. The van der Waals surface area contributed by atoms with E-state index in [1.54, 1.807) is 13.8 Å². The lowest BCUT2D eigenvalue weighted by atomic mass is 10.2. The van der Waals surface area contributed by atoms with Crippen LogP contribution in [0.4, 0.5) is 19.3 Å². The van der Waals surface area contributed by atoms with Crippen molar-refractivity contribution in [2.24, 2.45) is 0 Å². The summed E-state index contributed by atoms with van der Waals surface area (Å²) in [6.45, 7) is 2.94. The molecule has 1 aromatic rings. The average molecular weight is 286 g/mol. The van der Waals surface area contributed by atoms with Gasteiger partial charge < -0.3 is 15.3 Å². The third-order valence-corrected chi connectivity index (χ3v) is 2.88. The van der Waals surface area contributed by atoms with E-state index < -0.39 is 30.2 Å². The van der Waals surface area contributed by atoms with Gasteiger partial charge in [-0.25, -0.2) is 13.6 Å². The van der Waals surface area contributed by atoms with Gasteiger partial charge in [0.15, 0.2) is 11.6 Å². The molecule has 0 aliphatic rings. The van der Waals surface area contributed by atoms with E-state index in [2.05, 4.69) is 5.32 Å². The Morgan fingerprint density at radius 1 is 1.40 bits per heavy atom. The zero-order valence-electron chi connectivity index (χ0n) is 11.2. The number of nitrogens with zero attached hydrogens (tertiary/aromatic N) is 1. The number of halogens is 2. The second-order valence-corrected chi connectivity index (χ2v) is 4.31. The lowest BCUT2D eigenvalue weighted by molar-refractivity contribution is -0.138. The number of amides is 2. The van der Waals surface area contributed by atoms with Crippen molar-refractivity contribution in [2.75, 3.05) is 11.9 Å². The molecule has 20 heavy (non-hydrogen) atoms. The molecule has 5 nitrogen and oxygen atoms in total. The Morgan fingerprint density at radius 3 is 2.60 bits per heavy atom. The Balaban J connectivity index is 2.90. The van der Waals surface area contributed by atoms with Gasteiger partial charge in [-0.15, -0.1) is 0 Å². The Hall–Kier alpha value is -2.18. The van der Waals surface area contributed by atoms with Crippen LogP contribution in [-0.4, -0.2) is 34.6 Å². The van der Waals surface area contributed by atoms with E-state index >= 15 is 0 Å². The first kappa shape index (κ1) is 15.9. The van der Waals surface area contributed by atoms with Gasteiger partial charge in [-0.2, -0.15) is 0 Å². The first-order chi connectivity index (χ1) is 9.36. The molecule has 0 heterocycles. The molecule has 2 N–H and O–H groups in total. The number of aliphatic carboxylic acids is 1. The van der Waals surface area contributed by atoms with Gasteiger partial charge in [-0.05, 0) is 25.5 Å². The van der Waals surface area contributed by atoms with Gasteiger partial charge in [0, 0.05) is 6.04 Å². The van der Waals surface area contributed by atoms with Crippen LogP contribution in [-0.2, 0) is 4.79 Å². The molecule has 0 saturated carbocycles. The first-order valence-corrected chi connectivity index (χ1v) is 6.10. The molecule has 1 rings (SSSR count). The molecule has 0 radical (unpaired) electrons. The number of rotatable bonds is 5. The second kappa shape index (κ2) is 6.83. The number of anilines is 1. The fraction of sp³-hybridized carbons (Fsp3) is 0.385. The normalized spacial score (nSPS) is 11.8. The van der Waals surface area contributed by atoms with Crippen molar-refractivity contribution in [3.05, 3.63) is 29.8 Å². The number of carboxylic acid groups (broad SMARTS) is 1. The highest BCUT2D eigenvalue weighted by Gasteiger charge is 2.22. The third kappa shape index (κ3) is 3.91. The predicted molar refractivity (Wildman–Crippen MR) is 69.5 cm³/mol. The van der Waals surface area contributed by atoms with Crippen LogP contribution < -0.4 is 5.32 Å². The molecule has 0 aliphatic heterocycles. The molecule has 0 saturated heterocycles. The minimum Gasteiger partial charge on any atom is -0.480 e. The number of benzene rings is 1. The number of carbonyl (C=O) groups is 2. The lowest BCUT2D eigenvalue weighted by Gasteiger charge is -2.27. The minimum absolute atomic E-state index is 0.325. The van der Waals surface area contributed by atoms with E-state index in [1.165, 1.54) is 12.1 Å². The number of hydrogen-bond acceptors (Lipinski definition) is 2. The highest BCUT2D eigenvalue weighted by molar-refractivity contribution is 5.91. The monoisotopic (exact) mass is 286 g/mol. The van der Waals surface area contributed by atoms with Crippen molar-refractivity contribution in [1.82, 2.24) is 4.90 Å². The van der Waals surface area contributed by atoms with Crippen LogP contribution in [0.1, 0.15) is 20.3 Å². The number of carboxylic acids is 1. The van der Waals surface area contributed by atoms with Crippen molar-refractivity contribution in [3.63, 3.8) is 0 Å². The van der Waals surface area contributed by atoms with Crippen LogP contribution in [0.3, 0.4) is 0 Å². The lowest BCUT2D eigenvalue weighted by Crippen LogP contribution is -2.44. The Morgan fingerprint density at radius 2 is 2.05 bits per heavy atom. The summed E-state index contributed by atoms with van der Waals surface area (Å²) in [7, 11) is 0. The maximum atomic E-state index is 13.4. The molecule has 1 unspecified atom stereocenters. The molecule has 110 valence electrons. The van der Waals surface area contributed by atoms with E-state index in [-0.39, 0.29) is 11.7 Å². The zero-order chi connectivity index (χ0) is 15.3. The molecule has 2 amide bonds. The Bertz CT molecular complexity index is 508. The fourth-order valence-electron chi connectivity index (χ4n) is 1.58. The summed E-state index contributed by atoms with van der Waals surface area (Å²) in [5, 5.41) is 11.0. The maximum absolute atomic E-state index is 13.4. The standard InChI is InChI=1S/C13H16F2N2O3/c1-3-8(2)17(7-11(18)19)13(20)16-10-6-4-5-9(14)12(10)15/h4-6,8H,3,7H2,1-2H3,(H,16,20)(H,18,19). The molecule has 7 heteroatoms. The van der Waals surface area contributed by atoms with Gasteiger partial charge in [0.2, 0.25) is 0 Å². The van der Waals surface area contributed by atoms with Crippen molar-refractivity contribution in [2.45, 2.75) is 26.3 Å². The number of nitrogens with one attached hydrogen (secondary N) is 1. The highest BCUT2D eigenvalue weighted by Crippen LogP contribution is 2.17. The van der Waals surface area contributed by atoms with E-state index in [0.29, 0.717) is 6.42 Å². The molecule has 0 aromatic heterocycles. The molecule has 1 aromatic carbocycles. The van der Waals surface area contributed by atoms with E-state index in [4.69, 9.17) is 5.11 Å². The van der Waals surface area contributed by atoms with Crippen LogP contribution in [0.15, 0.2) is 18.2 Å². The van der Waals surface area contributed by atoms with Crippen LogP contribution in [0.5, 0.6) is 0 Å². The van der Waals surface area contributed by atoms with Crippen molar-refractivity contribution in [3.8, 4) is 0 Å².